The minimum Gasteiger partial charge on any atom is -0.394 e. The van der Waals surface area contributed by atoms with Crippen LogP contribution in [-0.4, -0.2) is 34.9 Å². The van der Waals surface area contributed by atoms with Crippen LogP contribution in [0.5, 0.6) is 0 Å². The van der Waals surface area contributed by atoms with Crippen molar-refractivity contribution in [3.63, 3.8) is 0 Å². The van der Waals surface area contributed by atoms with Gasteiger partial charge >= 0.3 is 0 Å². The lowest BCUT2D eigenvalue weighted by Crippen LogP contribution is -2.45. The van der Waals surface area contributed by atoms with Gasteiger partial charge in [0.2, 0.25) is 5.91 Å². The van der Waals surface area contributed by atoms with Crippen LogP contribution in [0, 0.1) is 0 Å². The maximum Gasteiger partial charge on any atom is 0.220 e. The van der Waals surface area contributed by atoms with Crippen molar-refractivity contribution in [2.75, 3.05) is 6.61 Å². The van der Waals surface area contributed by atoms with Crippen molar-refractivity contribution in [2.45, 2.75) is 193 Å². The van der Waals surface area contributed by atoms with Crippen molar-refractivity contribution >= 4 is 5.91 Å². The van der Waals surface area contributed by atoms with Gasteiger partial charge in [-0.05, 0) is 64.2 Å². The number of rotatable bonds is 35. The lowest BCUT2D eigenvalue weighted by molar-refractivity contribution is -0.123. The molecular weight excluding hydrogens is 590 g/mol. The van der Waals surface area contributed by atoms with E-state index in [1.165, 1.54) is 77.0 Å². The van der Waals surface area contributed by atoms with E-state index in [2.05, 4.69) is 92.1 Å². The highest BCUT2D eigenvalue weighted by Crippen LogP contribution is 2.14. The number of hydrogen-bond acceptors (Lipinski definition) is 3. The fourth-order valence-corrected chi connectivity index (χ4v) is 5.66. The van der Waals surface area contributed by atoms with E-state index in [4.69, 9.17) is 0 Å². The molecule has 0 aliphatic carbocycles. The Labute approximate surface area is 298 Å². The molecule has 1 amide bonds. The Kier molecular flexibility index (Phi) is 37.5. The first-order valence-corrected chi connectivity index (χ1v) is 20.1. The second-order valence-electron chi connectivity index (χ2n) is 13.3. The first kappa shape index (κ1) is 45.8. The Bertz CT molecular complexity index is 853. The Morgan fingerprint density at radius 2 is 0.917 bits per heavy atom. The van der Waals surface area contributed by atoms with E-state index in [9.17, 15) is 15.0 Å². The molecule has 4 heteroatoms. The number of carbonyl (C=O) groups excluding carboxylic acids is 1. The highest BCUT2D eigenvalue weighted by atomic mass is 16.3. The van der Waals surface area contributed by atoms with Gasteiger partial charge in [0.05, 0.1) is 18.8 Å². The molecule has 0 aliphatic heterocycles. The minimum absolute atomic E-state index is 0.0512. The van der Waals surface area contributed by atoms with E-state index in [0.29, 0.717) is 12.8 Å². The van der Waals surface area contributed by atoms with Crippen LogP contribution in [0.3, 0.4) is 0 Å². The van der Waals surface area contributed by atoms with Crippen LogP contribution in [0.4, 0.5) is 0 Å². The molecule has 0 radical (unpaired) electrons. The summed E-state index contributed by atoms with van der Waals surface area (Å²) >= 11 is 0. The first-order valence-electron chi connectivity index (χ1n) is 20.1. The molecule has 0 saturated carbocycles. The second-order valence-corrected chi connectivity index (χ2v) is 13.3. The predicted molar refractivity (Wildman–Crippen MR) is 211 cm³/mol. The molecule has 0 bridgehead atoms. The summed E-state index contributed by atoms with van der Waals surface area (Å²) in [5.74, 6) is -0.0512. The highest BCUT2D eigenvalue weighted by molar-refractivity contribution is 5.76. The summed E-state index contributed by atoms with van der Waals surface area (Å²) in [5, 5.41) is 23.0. The second kappa shape index (κ2) is 39.3. The smallest absolute Gasteiger partial charge is 0.220 e. The maximum absolute atomic E-state index is 12.4. The standard InChI is InChI=1S/C44H77NO3/c1-3-5-7-9-11-13-15-16-17-18-19-20-21-22-23-24-25-26-27-28-30-32-34-36-38-40-44(48)45-42(41-46)43(47)39-37-35-33-31-29-14-12-10-8-6-4-2/h5,7,11,13,16-17,19-20,22-23,25-26,42-43,46-47H,3-4,6,8-10,12,14-15,18,21,24,27-41H2,1-2H3,(H,45,48)/b7-5-,13-11-,17-16-,20-19-,23-22-,26-25-. The van der Waals surface area contributed by atoms with Crippen LogP contribution < -0.4 is 5.32 Å². The number of allylic oxidation sites excluding steroid dienone is 12. The molecule has 4 nitrogen and oxygen atoms in total. The van der Waals surface area contributed by atoms with Gasteiger partial charge in [0.25, 0.3) is 0 Å². The van der Waals surface area contributed by atoms with Crippen LogP contribution >= 0.6 is 0 Å². The van der Waals surface area contributed by atoms with Gasteiger partial charge in [-0.3, -0.25) is 4.79 Å². The largest absolute Gasteiger partial charge is 0.394 e. The van der Waals surface area contributed by atoms with Crippen molar-refractivity contribution < 1.29 is 15.0 Å². The SMILES string of the molecule is CC/C=C\C/C=C\C/C=C\C/C=C\C/C=C\C/C=C\CCCCCCCCC(=O)NC(CO)C(O)CCCCCCCCCCCCC. The number of amides is 1. The zero-order valence-electron chi connectivity index (χ0n) is 31.5. The van der Waals surface area contributed by atoms with Gasteiger partial charge in [0.1, 0.15) is 0 Å². The van der Waals surface area contributed by atoms with Gasteiger partial charge in [-0.15, -0.1) is 0 Å². The Morgan fingerprint density at radius 1 is 0.521 bits per heavy atom. The molecule has 2 atom stereocenters. The Morgan fingerprint density at radius 3 is 1.38 bits per heavy atom. The van der Waals surface area contributed by atoms with E-state index < -0.39 is 12.1 Å². The molecule has 3 N–H and O–H groups in total. The molecule has 48 heavy (non-hydrogen) atoms. The molecule has 2 unspecified atom stereocenters. The van der Waals surface area contributed by atoms with Gasteiger partial charge in [-0.25, -0.2) is 0 Å². The van der Waals surface area contributed by atoms with Gasteiger partial charge < -0.3 is 15.5 Å². The van der Waals surface area contributed by atoms with Crippen molar-refractivity contribution in [2.24, 2.45) is 0 Å². The van der Waals surface area contributed by atoms with Crippen LogP contribution in [0.2, 0.25) is 0 Å². The average molecular weight is 668 g/mol. The van der Waals surface area contributed by atoms with E-state index >= 15 is 0 Å². The van der Waals surface area contributed by atoms with Crippen LogP contribution in [0.15, 0.2) is 72.9 Å². The van der Waals surface area contributed by atoms with Crippen molar-refractivity contribution in [1.29, 1.82) is 0 Å². The van der Waals surface area contributed by atoms with Gasteiger partial charge in [-0.2, -0.15) is 0 Å². The number of nitrogens with one attached hydrogen (secondary N) is 1. The Hall–Kier alpha value is -2.17. The lowest BCUT2D eigenvalue weighted by atomic mass is 10.0. The number of aliphatic hydroxyl groups excluding tert-OH is 2. The zero-order valence-corrected chi connectivity index (χ0v) is 31.5. The van der Waals surface area contributed by atoms with Crippen molar-refractivity contribution in [3.05, 3.63) is 72.9 Å². The molecule has 0 aromatic rings. The third-order valence-electron chi connectivity index (χ3n) is 8.73. The highest BCUT2D eigenvalue weighted by Gasteiger charge is 2.19. The Balaban J connectivity index is 3.63. The molecule has 276 valence electrons. The minimum atomic E-state index is -0.668. The normalized spacial score (nSPS) is 13.8. The van der Waals surface area contributed by atoms with E-state index in [0.717, 1.165) is 77.0 Å². The van der Waals surface area contributed by atoms with Crippen molar-refractivity contribution in [3.8, 4) is 0 Å². The maximum atomic E-state index is 12.4. The van der Waals surface area contributed by atoms with Gasteiger partial charge in [-0.1, -0.05) is 183 Å². The molecule has 0 aromatic heterocycles. The molecule has 0 rings (SSSR count). The van der Waals surface area contributed by atoms with Crippen LogP contribution in [0.25, 0.3) is 0 Å². The van der Waals surface area contributed by atoms with Crippen LogP contribution in [-0.2, 0) is 4.79 Å². The lowest BCUT2D eigenvalue weighted by Gasteiger charge is -2.22. The summed E-state index contributed by atoms with van der Waals surface area (Å²) in [6, 6.07) is -0.547. The number of hydrogen-bond donors (Lipinski definition) is 3. The molecule has 0 saturated heterocycles. The molecule has 0 heterocycles. The van der Waals surface area contributed by atoms with E-state index in [1.54, 1.807) is 0 Å². The average Bonchev–Trinajstić information content (AvgIpc) is 3.09. The monoisotopic (exact) mass is 668 g/mol. The fourth-order valence-electron chi connectivity index (χ4n) is 5.66. The molecule has 0 aromatic carbocycles. The molecular formula is C44H77NO3. The summed E-state index contributed by atoms with van der Waals surface area (Å²) in [7, 11) is 0. The van der Waals surface area contributed by atoms with E-state index in [1.807, 2.05) is 0 Å². The number of carbonyl (C=O) groups is 1. The number of unbranched alkanes of at least 4 members (excludes halogenated alkanes) is 16. The van der Waals surface area contributed by atoms with Gasteiger partial charge in [0, 0.05) is 6.42 Å². The third-order valence-corrected chi connectivity index (χ3v) is 8.73. The van der Waals surface area contributed by atoms with E-state index in [-0.39, 0.29) is 12.5 Å². The zero-order chi connectivity index (χ0) is 35.0. The predicted octanol–water partition coefficient (Wildman–Crippen LogP) is 12.3. The summed E-state index contributed by atoms with van der Waals surface area (Å²) in [6.45, 7) is 4.21. The molecule has 0 aliphatic rings. The summed E-state index contributed by atoms with van der Waals surface area (Å²) in [4.78, 5) is 12.4. The van der Waals surface area contributed by atoms with Crippen molar-refractivity contribution in [1.82, 2.24) is 5.32 Å². The van der Waals surface area contributed by atoms with Crippen LogP contribution in [0.1, 0.15) is 181 Å². The topological polar surface area (TPSA) is 69.6 Å². The molecule has 0 fully saturated rings. The van der Waals surface area contributed by atoms with Gasteiger partial charge in [0.15, 0.2) is 0 Å². The molecule has 0 spiro atoms. The summed E-state index contributed by atoms with van der Waals surface area (Å²) in [6.07, 6.45) is 55.3. The third kappa shape index (κ3) is 35.1. The summed E-state index contributed by atoms with van der Waals surface area (Å²) < 4.78 is 0. The summed E-state index contributed by atoms with van der Waals surface area (Å²) in [5.41, 5.74) is 0. The number of aliphatic hydroxyl groups is 2. The fraction of sp³-hybridized carbons (Fsp3) is 0.705. The quantitative estimate of drug-likeness (QED) is 0.0465. The first-order chi connectivity index (χ1) is 23.7.